The van der Waals surface area contributed by atoms with Gasteiger partial charge in [0.2, 0.25) is 0 Å². The van der Waals surface area contributed by atoms with E-state index in [1.165, 1.54) is 16.3 Å². The number of benzene rings is 2. The number of rotatable bonds is 5. The monoisotopic (exact) mass is 327 g/mol. The molecule has 0 N–H and O–H groups in total. The molecule has 0 unspecified atom stereocenters. The maximum absolute atomic E-state index is 4.38. The minimum Gasteiger partial charge on any atom is -0.310 e. The maximum Gasteiger partial charge on any atom is 0.0531 e. The Bertz CT molecular complexity index is 1050. The summed E-state index contributed by atoms with van der Waals surface area (Å²) in [5.41, 5.74) is 3.59. The van der Waals surface area contributed by atoms with Gasteiger partial charge < -0.3 is 4.57 Å². The third-order valence-corrected chi connectivity index (χ3v) is 4.60. The Hall–Kier alpha value is -2.80. The summed E-state index contributed by atoms with van der Waals surface area (Å²) in [7, 11) is 0. The van der Waals surface area contributed by atoms with Crippen LogP contribution in [0.4, 0.5) is 0 Å². The van der Waals surface area contributed by atoms with E-state index < -0.39 is 0 Å². The van der Waals surface area contributed by atoms with Gasteiger partial charge in [-0.05, 0) is 59.2 Å². The predicted molar refractivity (Wildman–Crippen MR) is 111 cm³/mol. The highest BCUT2D eigenvalue weighted by atomic mass is 15.0. The van der Waals surface area contributed by atoms with E-state index >= 15 is 0 Å². The molecule has 1 aromatic heterocycles. The van der Waals surface area contributed by atoms with Crippen LogP contribution in [0.3, 0.4) is 0 Å². The third kappa shape index (κ3) is 3.10. The fourth-order valence-electron chi connectivity index (χ4n) is 3.41. The second-order valence-electron chi connectivity index (χ2n) is 6.24. The molecule has 0 saturated heterocycles. The largest absolute Gasteiger partial charge is 0.310 e. The van der Waals surface area contributed by atoms with Gasteiger partial charge in [-0.1, -0.05) is 69.0 Å². The van der Waals surface area contributed by atoms with Gasteiger partial charge in [0.05, 0.1) is 5.35 Å². The summed E-state index contributed by atoms with van der Waals surface area (Å²) in [4.78, 5) is 0. The average Bonchev–Trinajstić information content (AvgIpc) is 2.91. The summed E-state index contributed by atoms with van der Waals surface area (Å²) in [6.07, 6.45) is 10.3. The molecular weight excluding hydrogens is 302 g/mol. The van der Waals surface area contributed by atoms with Crippen LogP contribution in [-0.4, -0.2) is 4.57 Å². The van der Waals surface area contributed by atoms with Gasteiger partial charge in [0.15, 0.2) is 0 Å². The second kappa shape index (κ2) is 7.40. The van der Waals surface area contributed by atoms with Crippen molar-refractivity contribution in [3.05, 3.63) is 83.0 Å². The van der Waals surface area contributed by atoms with Gasteiger partial charge in [-0.15, -0.1) is 0 Å². The minimum atomic E-state index is 1.01. The van der Waals surface area contributed by atoms with Crippen molar-refractivity contribution in [1.82, 2.24) is 4.57 Å². The zero-order valence-corrected chi connectivity index (χ0v) is 15.1. The highest BCUT2D eigenvalue weighted by Gasteiger charge is 2.12. The van der Waals surface area contributed by atoms with Crippen LogP contribution in [0.25, 0.3) is 35.2 Å². The lowest BCUT2D eigenvalue weighted by atomic mass is 10.1. The Morgan fingerprint density at radius 1 is 1.08 bits per heavy atom. The molecule has 0 saturated carbocycles. The van der Waals surface area contributed by atoms with Gasteiger partial charge in [0.1, 0.15) is 0 Å². The van der Waals surface area contributed by atoms with Crippen LogP contribution in [0.2, 0.25) is 0 Å². The fourth-order valence-corrected chi connectivity index (χ4v) is 3.41. The molecule has 0 spiro atoms. The molecule has 126 valence electrons. The van der Waals surface area contributed by atoms with E-state index in [4.69, 9.17) is 0 Å². The maximum atomic E-state index is 4.38. The molecular formula is C24H25N. The van der Waals surface area contributed by atoms with Crippen LogP contribution in [-0.2, 0) is 6.42 Å². The number of hydrogen-bond donors (Lipinski definition) is 0. The van der Waals surface area contributed by atoms with Crippen molar-refractivity contribution in [1.29, 1.82) is 0 Å². The van der Waals surface area contributed by atoms with E-state index in [-0.39, 0.29) is 0 Å². The van der Waals surface area contributed by atoms with Gasteiger partial charge in [-0.2, -0.15) is 0 Å². The Balaban J connectivity index is 2.37. The molecule has 0 fully saturated rings. The van der Waals surface area contributed by atoms with Crippen LogP contribution >= 0.6 is 0 Å². The summed E-state index contributed by atoms with van der Waals surface area (Å²) in [5, 5.41) is 4.72. The Morgan fingerprint density at radius 3 is 2.52 bits per heavy atom. The smallest absolute Gasteiger partial charge is 0.0531 e. The Morgan fingerprint density at radius 2 is 1.84 bits per heavy atom. The van der Waals surface area contributed by atoms with Crippen molar-refractivity contribution < 1.29 is 0 Å². The van der Waals surface area contributed by atoms with Crippen LogP contribution in [0.15, 0.2) is 61.2 Å². The third-order valence-electron chi connectivity index (χ3n) is 4.60. The fraction of sp³-hybridized carbons (Fsp3) is 0.167. The highest BCUT2D eigenvalue weighted by Crippen LogP contribution is 2.20. The number of aromatic nitrogens is 1. The van der Waals surface area contributed by atoms with Crippen LogP contribution < -0.4 is 10.6 Å². The number of hydrogen-bond acceptors (Lipinski definition) is 0. The zero-order valence-electron chi connectivity index (χ0n) is 15.1. The van der Waals surface area contributed by atoms with Gasteiger partial charge in [0.25, 0.3) is 0 Å². The van der Waals surface area contributed by atoms with Crippen LogP contribution in [0.5, 0.6) is 0 Å². The highest BCUT2D eigenvalue weighted by molar-refractivity contribution is 5.84. The summed E-state index contributed by atoms with van der Waals surface area (Å²) in [6.45, 7) is 12.7. The molecule has 0 aliphatic carbocycles. The summed E-state index contributed by atoms with van der Waals surface area (Å²) in [6, 6.07) is 15.1. The molecule has 2 aromatic carbocycles. The molecule has 0 amide bonds. The Labute approximate surface area is 149 Å². The normalized spacial score (nSPS) is 12.3. The van der Waals surface area contributed by atoms with Crippen LogP contribution in [0, 0.1) is 0 Å². The molecule has 0 aliphatic heterocycles. The molecule has 0 aliphatic rings. The Kier molecular flexibility index (Phi) is 5.04. The van der Waals surface area contributed by atoms with Crippen molar-refractivity contribution in [3.63, 3.8) is 0 Å². The molecule has 0 bridgehead atoms. The molecule has 1 heterocycles. The standard InChI is InChI=1S/C24H25N/c1-5-8-14-24-18(4)22(11-6-2)23(7-3)25(24)21-16-15-19-12-9-10-13-20(19)17-21/h5,7-10,12-17H,3-4,6,11H2,1-2H3/b8-5-,24-14+. The quantitative estimate of drug-likeness (QED) is 0.622. The van der Waals surface area contributed by atoms with E-state index in [0.717, 1.165) is 34.8 Å². The van der Waals surface area contributed by atoms with Gasteiger partial charge in [-0.3, -0.25) is 0 Å². The van der Waals surface area contributed by atoms with Gasteiger partial charge in [-0.25, -0.2) is 0 Å². The summed E-state index contributed by atoms with van der Waals surface area (Å²) >= 11 is 0. The molecule has 1 nitrogen and oxygen atoms in total. The summed E-state index contributed by atoms with van der Waals surface area (Å²) in [5.74, 6) is 0. The van der Waals surface area contributed by atoms with Gasteiger partial charge >= 0.3 is 0 Å². The first kappa shape index (κ1) is 17.0. The lowest BCUT2D eigenvalue weighted by molar-refractivity contribution is 0.909. The zero-order chi connectivity index (χ0) is 17.8. The first-order chi connectivity index (χ1) is 12.2. The topological polar surface area (TPSA) is 4.93 Å². The van der Waals surface area contributed by atoms with E-state index in [1.807, 2.05) is 19.1 Å². The van der Waals surface area contributed by atoms with Crippen molar-refractivity contribution in [2.24, 2.45) is 0 Å². The molecule has 3 aromatic rings. The summed E-state index contributed by atoms with van der Waals surface area (Å²) < 4.78 is 2.28. The van der Waals surface area contributed by atoms with Crippen molar-refractivity contribution >= 4 is 29.5 Å². The lowest BCUT2D eigenvalue weighted by Crippen LogP contribution is -2.28. The molecule has 25 heavy (non-hydrogen) atoms. The second-order valence-corrected chi connectivity index (χ2v) is 6.24. The van der Waals surface area contributed by atoms with E-state index in [1.54, 1.807) is 0 Å². The number of fused-ring (bicyclic) bond motifs is 1. The van der Waals surface area contributed by atoms with E-state index in [2.05, 4.69) is 79.3 Å². The predicted octanol–water partition coefficient (Wildman–Crippen LogP) is 4.99. The van der Waals surface area contributed by atoms with Crippen molar-refractivity contribution in [2.75, 3.05) is 0 Å². The molecule has 0 radical (unpaired) electrons. The van der Waals surface area contributed by atoms with E-state index in [9.17, 15) is 0 Å². The first-order valence-electron chi connectivity index (χ1n) is 8.88. The number of allylic oxidation sites excluding steroid dienone is 2. The van der Waals surface area contributed by atoms with Crippen molar-refractivity contribution in [2.45, 2.75) is 26.7 Å². The van der Waals surface area contributed by atoms with Gasteiger partial charge in [0, 0.05) is 11.4 Å². The van der Waals surface area contributed by atoms with E-state index in [0.29, 0.717) is 0 Å². The lowest BCUT2D eigenvalue weighted by Gasteiger charge is -2.10. The first-order valence-corrected chi connectivity index (χ1v) is 8.88. The van der Waals surface area contributed by atoms with Crippen molar-refractivity contribution in [3.8, 4) is 5.69 Å². The number of nitrogens with zero attached hydrogens (tertiary/aromatic N) is 1. The molecule has 1 heteroatoms. The average molecular weight is 327 g/mol. The molecule has 3 rings (SSSR count). The SMILES string of the molecule is C=Cc1c(CCC)c(=C)/c(=C\C=C/C)n1-c1ccc2ccccc2c1. The van der Waals surface area contributed by atoms with Crippen LogP contribution in [0.1, 0.15) is 31.5 Å². The minimum absolute atomic E-state index is 1.01. The molecule has 0 atom stereocenters.